The second-order valence-electron chi connectivity index (χ2n) is 13.4. The fraction of sp³-hybridized carbons (Fsp3) is 0.263. The fourth-order valence-corrected chi connectivity index (χ4v) is 7.04. The maximum atomic E-state index is 14.3. The molecule has 0 saturated carbocycles. The number of anilines is 2. The van der Waals surface area contributed by atoms with Crippen molar-refractivity contribution in [3.63, 3.8) is 0 Å². The van der Waals surface area contributed by atoms with Crippen LogP contribution in [0.1, 0.15) is 65.7 Å². The highest BCUT2D eigenvalue weighted by molar-refractivity contribution is 7.89. The van der Waals surface area contributed by atoms with Crippen molar-refractivity contribution in [2.75, 3.05) is 16.8 Å². The number of rotatable bonds is 9. The lowest BCUT2D eigenvalue weighted by Gasteiger charge is -2.28. The third-order valence-electron chi connectivity index (χ3n) is 8.04. The highest BCUT2D eigenvalue weighted by Crippen LogP contribution is 2.39. The highest BCUT2D eigenvalue weighted by Gasteiger charge is 2.38. The number of sulfonamides is 1. The Kier molecular flexibility index (Phi) is 10.7. The molecule has 0 fully saturated rings. The number of nitrogens with one attached hydrogen (secondary N) is 4. The van der Waals surface area contributed by atoms with Gasteiger partial charge in [-0.3, -0.25) is 14.4 Å². The minimum absolute atomic E-state index is 0.0102. The average molecular weight is 696 g/mol. The molecule has 4 N–H and O–H groups in total. The molecule has 260 valence electrons. The van der Waals surface area contributed by atoms with Crippen molar-refractivity contribution < 1.29 is 27.6 Å². The summed E-state index contributed by atoms with van der Waals surface area (Å²) in [5, 5.41) is 8.39. The number of carbonyl (C=O) groups excluding carboxylic acids is 4. The maximum absolute atomic E-state index is 14.3. The van der Waals surface area contributed by atoms with Gasteiger partial charge in [-0.15, -0.1) is 0 Å². The average Bonchev–Trinajstić information content (AvgIpc) is 3.15. The molecule has 0 unspecified atom stereocenters. The summed E-state index contributed by atoms with van der Waals surface area (Å²) >= 11 is 0. The van der Waals surface area contributed by atoms with Crippen LogP contribution in [0.25, 0.3) is 0 Å². The number of nitrogens with zero attached hydrogens (tertiary/aromatic N) is 1. The first-order valence-corrected chi connectivity index (χ1v) is 17.9. The SMILES string of the molecule is Cc1ccc2c(c1)N(CC(=O)NC(C)(C)C)C(=O)[C@H](NC(=O)Nc1cccc(C(=O)NS(=O)(=O)Cc3ccccc3)c1)C[C@@H]2c1ccccc1. The van der Waals surface area contributed by atoms with Gasteiger partial charge in [0.2, 0.25) is 21.8 Å². The summed E-state index contributed by atoms with van der Waals surface area (Å²) in [6, 6.07) is 28.0. The molecule has 4 aromatic carbocycles. The van der Waals surface area contributed by atoms with Crippen molar-refractivity contribution in [2.24, 2.45) is 0 Å². The molecule has 0 saturated heterocycles. The van der Waals surface area contributed by atoms with Crippen LogP contribution in [-0.2, 0) is 25.4 Å². The minimum Gasteiger partial charge on any atom is -0.350 e. The van der Waals surface area contributed by atoms with E-state index >= 15 is 0 Å². The number of hydrogen-bond donors (Lipinski definition) is 4. The van der Waals surface area contributed by atoms with Gasteiger partial charge in [-0.1, -0.05) is 78.9 Å². The Labute approximate surface area is 292 Å². The lowest BCUT2D eigenvalue weighted by atomic mass is 9.85. The van der Waals surface area contributed by atoms with Gasteiger partial charge in [-0.2, -0.15) is 0 Å². The number of urea groups is 1. The van der Waals surface area contributed by atoms with Crippen molar-refractivity contribution in [1.29, 1.82) is 0 Å². The lowest BCUT2D eigenvalue weighted by Crippen LogP contribution is -2.53. The van der Waals surface area contributed by atoms with E-state index in [9.17, 15) is 27.6 Å². The van der Waals surface area contributed by atoms with Crippen LogP contribution < -0.4 is 25.6 Å². The monoisotopic (exact) mass is 695 g/mol. The Bertz CT molecular complexity index is 2000. The van der Waals surface area contributed by atoms with Crippen LogP contribution in [0.5, 0.6) is 0 Å². The fourth-order valence-electron chi connectivity index (χ4n) is 5.93. The molecule has 0 aromatic heterocycles. The van der Waals surface area contributed by atoms with E-state index in [1.165, 1.54) is 29.2 Å². The Hall–Kier alpha value is -5.49. The Morgan fingerprint density at radius 3 is 2.22 bits per heavy atom. The molecule has 1 heterocycles. The zero-order valence-electron chi connectivity index (χ0n) is 28.4. The van der Waals surface area contributed by atoms with Crippen molar-refractivity contribution in [1.82, 2.24) is 15.4 Å². The van der Waals surface area contributed by atoms with Gasteiger partial charge < -0.3 is 20.9 Å². The van der Waals surface area contributed by atoms with Gasteiger partial charge >= 0.3 is 6.03 Å². The van der Waals surface area contributed by atoms with Crippen molar-refractivity contribution in [3.8, 4) is 0 Å². The third-order valence-corrected chi connectivity index (χ3v) is 9.25. The molecule has 5 rings (SSSR count). The number of hydrogen-bond acceptors (Lipinski definition) is 6. The number of benzene rings is 4. The summed E-state index contributed by atoms with van der Waals surface area (Å²) in [5.74, 6) is -2.32. The highest BCUT2D eigenvalue weighted by atomic mass is 32.2. The first kappa shape index (κ1) is 35.8. The Morgan fingerprint density at radius 2 is 1.54 bits per heavy atom. The van der Waals surface area contributed by atoms with E-state index in [4.69, 9.17) is 0 Å². The summed E-state index contributed by atoms with van der Waals surface area (Å²) in [6.45, 7) is 7.23. The van der Waals surface area contributed by atoms with E-state index in [0.29, 0.717) is 11.3 Å². The molecular weight excluding hydrogens is 655 g/mol. The van der Waals surface area contributed by atoms with Gasteiger partial charge in [0.25, 0.3) is 5.91 Å². The summed E-state index contributed by atoms with van der Waals surface area (Å²) in [5.41, 5.74) is 3.51. The molecule has 0 spiro atoms. The van der Waals surface area contributed by atoms with Crippen LogP contribution in [0.4, 0.5) is 16.2 Å². The van der Waals surface area contributed by atoms with Gasteiger partial charge in [-0.05, 0) is 80.6 Å². The summed E-state index contributed by atoms with van der Waals surface area (Å²) in [6.07, 6.45) is 0.214. The molecule has 12 heteroatoms. The largest absolute Gasteiger partial charge is 0.350 e. The van der Waals surface area contributed by atoms with Crippen molar-refractivity contribution >= 4 is 45.2 Å². The van der Waals surface area contributed by atoms with Crippen LogP contribution in [-0.4, -0.2) is 50.3 Å². The van der Waals surface area contributed by atoms with Crippen LogP contribution in [0.15, 0.2) is 103 Å². The second-order valence-corrected chi connectivity index (χ2v) is 15.1. The summed E-state index contributed by atoms with van der Waals surface area (Å²) < 4.78 is 27.4. The normalized spacial score (nSPS) is 16.1. The van der Waals surface area contributed by atoms with E-state index in [2.05, 4.69) is 20.7 Å². The van der Waals surface area contributed by atoms with Gasteiger partial charge in [0.15, 0.2) is 0 Å². The van der Waals surface area contributed by atoms with E-state index in [-0.39, 0.29) is 41.8 Å². The third kappa shape index (κ3) is 9.35. The molecule has 0 aliphatic carbocycles. The van der Waals surface area contributed by atoms with Crippen LogP contribution in [0.3, 0.4) is 0 Å². The molecule has 11 nitrogen and oxygen atoms in total. The minimum atomic E-state index is -3.99. The van der Waals surface area contributed by atoms with Gasteiger partial charge in [-0.25, -0.2) is 17.9 Å². The number of amides is 5. The predicted molar refractivity (Wildman–Crippen MR) is 193 cm³/mol. The number of fused-ring (bicyclic) bond motifs is 1. The van der Waals surface area contributed by atoms with Crippen molar-refractivity contribution in [3.05, 3.63) is 131 Å². The zero-order valence-corrected chi connectivity index (χ0v) is 29.2. The molecule has 0 radical (unpaired) electrons. The van der Waals surface area contributed by atoms with E-state index in [1.54, 1.807) is 30.3 Å². The van der Waals surface area contributed by atoms with Gasteiger partial charge in [0.05, 0.1) is 5.75 Å². The number of carbonyl (C=O) groups is 4. The Morgan fingerprint density at radius 1 is 0.860 bits per heavy atom. The van der Waals surface area contributed by atoms with Crippen LogP contribution in [0, 0.1) is 6.92 Å². The Balaban J connectivity index is 1.37. The molecule has 2 atom stereocenters. The van der Waals surface area contributed by atoms with E-state index in [1.807, 2.05) is 76.2 Å². The van der Waals surface area contributed by atoms with Gasteiger partial charge in [0.1, 0.15) is 12.6 Å². The lowest BCUT2D eigenvalue weighted by molar-refractivity contribution is -0.125. The first-order valence-electron chi connectivity index (χ1n) is 16.2. The van der Waals surface area contributed by atoms with E-state index < -0.39 is 39.4 Å². The molecule has 0 bridgehead atoms. The quantitative estimate of drug-likeness (QED) is 0.188. The smallest absolute Gasteiger partial charge is 0.319 e. The summed E-state index contributed by atoms with van der Waals surface area (Å²) in [7, 11) is -3.99. The molecule has 5 amide bonds. The zero-order chi connectivity index (χ0) is 36.1. The first-order chi connectivity index (χ1) is 23.7. The van der Waals surface area contributed by atoms with Crippen molar-refractivity contribution in [2.45, 2.75) is 57.4 Å². The predicted octanol–water partition coefficient (Wildman–Crippen LogP) is 5.23. The molecule has 1 aliphatic heterocycles. The summed E-state index contributed by atoms with van der Waals surface area (Å²) in [4.78, 5) is 55.3. The van der Waals surface area contributed by atoms with Crippen LogP contribution in [0.2, 0.25) is 0 Å². The second kappa shape index (κ2) is 15.0. The van der Waals surface area contributed by atoms with Gasteiger partial charge in [0, 0.05) is 28.4 Å². The maximum Gasteiger partial charge on any atom is 0.319 e. The standard InChI is InChI=1S/C38H41N5O6S/c1-25-18-19-30-31(27-14-9-6-10-15-27)22-32(36(46)43(33(30)20-25)23-34(44)41-38(2,3)4)40-37(47)39-29-17-11-16-28(21-29)35(45)42-50(48,49)24-26-12-7-5-8-13-26/h5-21,31-32H,22-24H2,1-4H3,(H,41,44)(H,42,45)(H2,39,40,47)/t31-,32-/m1/s1. The molecule has 4 aromatic rings. The van der Waals surface area contributed by atoms with Crippen LogP contribution >= 0.6 is 0 Å². The topological polar surface area (TPSA) is 154 Å². The number of aryl methyl sites for hydroxylation is 1. The molecule has 50 heavy (non-hydrogen) atoms. The molecular formula is C38H41N5O6S. The van der Waals surface area contributed by atoms with E-state index in [0.717, 1.165) is 16.7 Å². The molecule has 1 aliphatic rings.